The third kappa shape index (κ3) is 20.2. The van der Waals surface area contributed by atoms with E-state index in [1.165, 1.54) is 37.0 Å². The van der Waals surface area contributed by atoms with Crippen molar-refractivity contribution in [3.63, 3.8) is 0 Å². The monoisotopic (exact) mass is 420 g/mol. The molecule has 0 heterocycles. The number of halogens is 1. The molecule has 0 spiro atoms. The molecule has 0 aliphatic rings. The fourth-order valence-electron chi connectivity index (χ4n) is 2.01. The molecule has 145 valence electrons. The summed E-state index contributed by atoms with van der Waals surface area (Å²) in [6.45, 7) is 13.8. The van der Waals surface area contributed by atoms with E-state index >= 15 is 0 Å². The fraction of sp³-hybridized carbons (Fsp3) is 0.632. The molecule has 1 aromatic carbocycles. The molecule has 0 aliphatic carbocycles. The number of benzene rings is 1. The van der Waals surface area contributed by atoms with E-state index in [-0.39, 0.29) is 15.8 Å². The van der Waals surface area contributed by atoms with E-state index in [2.05, 4.69) is 57.5 Å². The molecule has 0 saturated heterocycles. The Labute approximate surface area is 160 Å². The molecular weight excluding hydrogens is 384 g/mol. The molecule has 0 radical (unpaired) electrons. The van der Waals surface area contributed by atoms with Crippen molar-refractivity contribution in [3.8, 4) is 0 Å². The first-order chi connectivity index (χ1) is 11.6. The minimum absolute atomic E-state index is 0.137. The molecule has 0 atom stereocenters. The van der Waals surface area contributed by atoms with Crippen LogP contribution in [0.1, 0.15) is 47.1 Å². The number of carbonyl (C=O) groups excluding carboxylic acids is 1. The second-order valence-electron chi connectivity index (χ2n) is 5.09. The molecule has 0 unspecified atom stereocenters. The summed E-state index contributed by atoms with van der Waals surface area (Å²) in [5, 5.41) is 0. The second-order valence-corrected chi connectivity index (χ2v) is 12.3. The number of hydrogen-bond donors (Lipinski definition) is 0. The summed E-state index contributed by atoms with van der Waals surface area (Å²) in [6.07, 6.45) is 10.5. The molecule has 0 amide bonds. The van der Waals surface area contributed by atoms with Gasteiger partial charge in [-0.2, -0.15) is 17.7 Å². The van der Waals surface area contributed by atoms with Crippen molar-refractivity contribution in [2.24, 2.45) is 0 Å². The minimum atomic E-state index is 0.137. The van der Waals surface area contributed by atoms with Crippen LogP contribution in [0.3, 0.4) is 0 Å². The van der Waals surface area contributed by atoms with Crippen LogP contribution in [0.15, 0.2) is 30.3 Å². The maximum atomic E-state index is 9.88. The summed E-state index contributed by atoms with van der Waals surface area (Å²) >= 11 is 2.38. The third-order valence-corrected chi connectivity index (χ3v) is 9.89. The second kappa shape index (κ2) is 25.4. The molecule has 0 aromatic heterocycles. The molecule has 0 saturated carbocycles. The predicted octanol–water partition coefficient (Wildman–Crippen LogP) is 6.08. The van der Waals surface area contributed by atoms with E-state index < -0.39 is 0 Å². The molecule has 5 heteroatoms. The van der Waals surface area contributed by atoms with Gasteiger partial charge in [-0.3, -0.25) is 0 Å². The molecule has 24 heavy (non-hydrogen) atoms. The Morgan fingerprint density at radius 1 is 0.750 bits per heavy atom. The Bertz CT molecular complexity index is 308. The Balaban J connectivity index is -0.000000263. The number of rotatable bonds is 7. The summed E-state index contributed by atoms with van der Waals surface area (Å²) in [7, 11) is 0.275. The van der Waals surface area contributed by atoms with Crippen LogP contribution in [-0.2, 0) is 20.7 Å². The van der Waals surface area contributed by atoms with Gasteiger partial charge in [0.25, 0.3) is 0 Å². The molecule has 1 nitrogen and oxygen atoms in total. The Morgan fingerprint density at radius 2 is 1.04 bits per heavy atom. The topological polar surface area (TPSA) is 17.1 Å². The van der Waals surface area contributed by atoms with E-state index in [0.29, 0.717) is 5.56 Å². The quantitative estimate of drug-likeness (QED) is 0.296. The van der Waals surface area contributed by atoms with Gasteiger partial charge >= 0.3 is 19.5 Å². The summed E-state index contributed by atoms with van der Waals surface area (Å²) in [5.74, 6) is 0. The van der Waals surface area contributed by atoms with Crippen LogP contribution in [0.5, 0.6) is 0 Å². The van der Waals surface area contributed by atoms with Crippen LogP contribution in [-0.4, -0.2) is 43.3 Å². The Kier molecular flexibility index (Phi) is 30.7. The first-order valence-corrected chi connectivity index (χ1v) is 13.5. The third-order valence-electron chi connectivity index (χ3n) is 3.89. The first kappa shape index (κ1) is 29.0. The number of hydrogen-bond acceptors (Lipinski definition) is 1. The van der Waals surface area contributed by atoms with Crippen LogP contribution in [0.2, 0.25) is 0 Å². The summed E-state index contributed by atoms with van der Waals surface area (Å²) in [5.41, 5.74) is 0.604. The van der Waals surface area contributed by atoms with Crippen molar-refractivity contribution in [1.82, 2.24) is 0 Å². The molecule has 1 rings (SSSR count). The van der Waals surface area contributed by atoms with Crippen LogP contribution in [0.25, 0.3) is 0 Å². The standard InChI is InChI=1S/C7H5O.2C6H15P.FH.Ni/c8-6-7-4-2-1-3-5-7;2*1-4-7(5-2)6-3;;/h1-5H;2*4-6H2,1-3H3;1H;/q-1;;;;+1/p+1. The van der Waals surface area contributed by atoms with Crippen LogP contribution in [0, 0.1) is 0 Å². The van der Waals surface area contributed by atoms with Gasteiger partial charge in [0.05, 0.1) is 43.3 Å². The van der Waals surface area contributed by atoms with E-state index in [0.717, 1.165) is 0 Å². The van der Waals surface area contributed by atoms with Gasteiger partial charge in [-0.25, -0.2) is 0 Å². The molecular formula is C19H37FNiOP2+. The molecule has 0 fully saturated rings. The fourth-order valence-corrected chi connectivity index (χ4v) is 5.01. The van der Waals surface area contributed by atoms with Crippen LogP contribution in [0.4, 0.5) is 3.61 Å². The normalized spacial score (nSPS) is 9.12. The van der Waals surface area contributed by atoms with Crippen molar-refractivity contribution in [2.75, 3.05) is 37.0 Å². The summed E-state index contributed by atoms with van der Waals surface area (Å²) in [4.78, 5) is 9.88. The van der Waals surface area contributed by atoms with Crippen LogP contribution < -0.4 is 0 Å². The summed E-state index contributed by atoms with van der Waals surface area (Å²) in [6, 6.07) is 8.90. The van der Waals surface area contributed by atoms with Gasteiger partial charge in [-0.15, -0.1) is 12.1 Å². The van der Waals surface area contributed by atoms with Gasteiger partial charge in [0.1, 0.15) is 0 Å². The van der Waals surface area contributed by atoms with E-state index in [4.69, 9.17) is 3.61 Å². The maximum absolute atomic E-state index is 9.88. The van der Waals surface area contributed by atoms with Gasteiger partial charge in [0.15, 0.2) is 0 Å². The molecule has 0 aliphatic heterocycles. The zero-order valence-corrected chi connectivity index (χ0v) is 19.2. The van der Waals surface area contributed by atoms with Crippen molar-refractivity contribution in [2.45, 2.75) is 41.5 Å². The molecule has 1 aromatic rings. The SMILES string of the molecule is CC[PH+](CC)CC.CC[PH+](CC)CC.O=[C-]c1ccccc1.[F][Ni]. The van der Waals surface area contributed by atoms with Crippen molar-refractivity contribution < 1.29 is 24.3 Å². The molecule has 0 bridgehead atoms. The predicted molar refractivity (Wildman–Crippen MR) is 112 cm³/mol. The molecule has 0 N–H and O–H groups in total. The Hall–Kier alpha value is 0.174. The van der Waals surface area contributed by atoms with Crippen molar-refractivity contribution in [3.05, 3.63) is 35.9 Å². The summed E-state index contributed by atoms with van der Waals surface area (Å²) < 4.78 is 9.12. The van der Waals surface area contributed by atoms with Gasteiger partial charge in [-0.05, 0) is 57.4 Å². The van der Waals surface area contributed by atoms with Gasteiger partial charge < -0.3 is 4.79 Å². The van der Waals surface area contributed by atoms with Gasteiger partial charge in [0, 0.05) is 0 Å². The van der Waals surface area contributed by atoms with Gasteiger partial charge in [0.2, 0.25) is 0 Å². The zero-order valence-electron chi connectivity index (χ0n) is 16.2. The first-order valence-electron chi connectivity index (χ1n) is 8.85. The van der Waals surface area contributed by atoms with E-state index in [1.807, 2.05) is 6.07 Å². The van der Waals surface area contributed by atoms with E-state index in [1.54, 1.807) is 30.6 Å². The average molecular weight is 421 g/mol. The van der Waals surface area contributed by atoms with E-state index in [9.17, 15) is 4.79 Å². The Morgan fingerprint density at radius 3 is 1.17 bits per heavy atom. The average Bonchev–Trinajstić information content (AvgIpc) is 2.68. The van der Waals surface area contributed by atoms with Crippen molar-refractivity contribution >= 4 is 22.1 Å². The van der Waals surface area contributed by atoms with Crippen LogP contribution >= 0.6 is 15.8 Å². The van der Waals surface area contributed by atoms with Crippen molar-refractivity contribution in [1.29, 1.82) is 0 Å². The zero-order chi connectivity index (χ0) is 19.2. The van der Waals surface area contributed by atoms with Gasteiger partial charge in [-0.1, -0.05) is 6.07 Å².